The van der Waals surface area contributed by atoms with Gasteiger partial charge in [-0.25, -0.2) is 4.79 Å². The molecule has 3 fully saturated rings. The van der Waals surface area contributed by atoms with E-state index in [2.05, 4.69) is 29.6 Å². The van der Waals surface area contributed by atoms with Gasteiger partial charge < -0.3 is 25.1 Å². The van der Waals surface area contributed by atoms with Crippen LogP contribution in [-0.2, 0) is 40.1 Å². The van der Waals surface area contributed by atoms with E-state index >= 15 is 0 Å². The van der Waals surface area contributed by atoms with Gasteiger partial charge in [0, 0.05) is 50.9 Å². The summed E-state index contributed by atoms with van der Waals surface area (Å²) in [6, 6.07) is 14.7. The van der Waals surface area contributed by atoms with Crippen molar-refractivity contribution in [3.63, 3.8) is 0 Å². The highest BCUT2D eigenvalue weighted by atomic mass is 16.4. The topological polar surface area (TPSA) is 114 Å². The molecular weight excluding hydrogens is 642 g/mol. The molecule has 10 heteroatoms. The highest BCUT2D eigenvalue weighted by molar-refractivity contribution is 5.91. The van der Waals surface area contributed by atoms with Crippen LogP contribution in [0.25, 0.3) is 0 Å². The molecular formula is C41H55N5O5. The first-order valence-corrected chi connectivity index (χ1v) is 19.6. The fourth-order valence-electron chi connectivity index (χ4n) is 9.57. The van der Waals surface area contributed by atoms with E-state index in [-0.39, 0.29) is 36.9 Å². The minimum Gasteiger partial charge on any atom is -0.480 e. The Morgan fingerprint density at radius 1 is 0.745 bits per heavy atom. The molecule has 274 valence electrons. The van der Waals surface area contributed by atoms with Crippen molar-refractivity contribution in [2.45, 2.75) is 89.5 Å². The Kier molecular flexibility index (Phi) is 11.3. The van der Waals surface area contributed by atoms with E-state index in [4.69, 9.17) is 5.11 Å². The molecule has 5 aliphatic rings. The molecule has 2 aromatic rings. The zero-order valence-electron chi connectivity index (χ0n) is 30.1. The fourth-order valence-corrected chi connectivity index (χ4v) is 9.57. The highest BCUT2D eigenvalue weighted by Gasteiger charge is 2.36. The van der Waals surface area contributed by atoms with Crippen molar-refractivity contribution in [1.29, 1.82) is 0 Å². The van der Waals surface area contributed by atoms with Crippen LogP contribution in [-0.4, -0.2) is 107 Å². The normalized spacial score (nSPS) is 21.7. The van der Waals surface area contributed by atoms with E-state index in [0.29, 0.717) is 37.9 Å². The molecule has 7 rings (SSSR count). The second-order valence-corrected chi connectivity index (χ2v) is 15.7. The lowest BCUT2D eigenvalue weighted by Crippen LogP contribution is -2.50. The number of aryl methyl sites for hydroxylation is 2. The van der Waals surface area contributed by atoms with E-state index in [1.165, 1.54) is 24.0 Å². The maximum atomic E-state index is 14.3. The first-order valence-electron chi connectivity index (χ1n) is 19.6. The number of urea groups is 1. The molecule has 10 nitrogen and oxygen atoms in total. The number of para-hydroxylation sites is 1. The molecule has 4 aliphatic heterocycles. The summed E-state index contributed by atoms with van der Waals surface area (Å²) in [5, 5.41) is 12.3. The molecule has 0 aromatic heterocycles. The first kappa shape index (κ1) is 35.5. The summed E-state index contributed by atoms with van der Waals surface area (Å²) >= 11 is 0. The lowest BCUT2D eigenvalue weighted by atomic mass is 9.78. The first-order chi connectivity index (χ1) is 24.8. The number of hydrogen-bond acceptors (Lipinski definition) is 5. The zero-order valence-corrected chi connectivity index (χ0v) is 30.1. The molecule has 1 atom stereocenters. The average molecular weight is 698 g/mol. The molecule has 0 bridgehead atoms. The van der Waals surface area contributed by atoms with Crippen LogP contribution in [0.5, 0.6) is 0 Å². The van der Waals surface area contributed by atoms with Crippen molar-refractivity contribution < 1.29 is 24.3 Å². The number of amides is 4. The van der Waals surface area contributed by atoms with Crippen LogP contribution in [0.15, 0.2) is 42.5 Å². The third-order valence-corrected chi connectivity index (χ3v) is 12.6. The lowest BCUT2D eigenvalue weighted by Gasteiger charge is -2.41. The molecule has 1 unspecified atom stereocenters. The third-order valence-electron chi connectivity index (χ3n) is 12.6. The molecule has 0 radical (unpaired) electrons. The monoisotopic (exact) mass is 697 g/mol. The summed E-state index contributed by atoms with van der Waals surface area (Å²) in [4.78, 5) is 60.5. The molecule has 4 heterocycles. The van der Waals surface area contributed by atoms with Crippen molar-refractivity contribution in [1.82, 2.24) is 19.6 Å². The Hall–Kier alpha value is -3.92. The zero-order chi connectivity index (χ0) is 35.3. The predicted octanol–water partition coefficient (Wildman–Crippen LogP) is 5.23. The van der Waals surface area contributed by atoms with Gasteiger partial charge in [0.25, 0.3) is 0 Å². The van der Waals surface area contributed by atoms with Crippen LogP contribution >= 0.6 is 0 Å². The summed E-state index contributed by atoms with van der Waals surface area (Å²) in [6.07, 6.45) is 11.7. The molecule has 2 N–H and O–H groups in total. The molecule has 0 saturated carbocycles. The number of nitrogens with zero attached hydrogens (tertiary/aromatic N) is 4. The minimum atomic E-state index is -0.762. The van der Waals surface area contributed by atoms with Crippen molar-refractivity contribution >= 4 is 29.5 Å². The van der Waals surface area contributed by atoms with Crippen molar-refractivity contribution in [2.75, 3.05) is 57.7 Å². The van der Waals surface area contributed by atoms with E-state index < -0.39 is 11.9 Å². The van der Waals surface area contributed by atoms with Gasteiger partial charge >= 0.3 is 12.0 Å². The van der Waals surface area contributed by atoms with Crippen LogP contribution in [0, 0.1) is 17.8 Å². The smallest absolute Gasteiger partial charge is 0.322 e. The highest BCUT2D eigenvalue weighted by Crippen LogP contribution is 2.34. The van der Waals surface area contributed by atoms with Gasteiger partial charge in [0.1, 0.15) is 0 Å². The van der Waals surface area contributed by atoms with Crippen LogP contribution in [0.2, 0.25) is 0 Å². The summed E-state index contributed by atoms with van der Waals surface area (Å²) in [6.45, 7) is 5.08. The number of carbonyl (C=O) groups is 4. The number of nitrogens with one attached hydrogen (secondary N) is 1. The van der Waals surface area contributed by atoms with Gasteiger partial charge in [0.2, 0.25) is 11.8 Å². The minimum absolute atomic E-state index is 0.0421. The van der Waals surface area contributed by atoms with Crippen LogP contribution < -0.4 is 5.32 Å². The summed E-state index contributed by atoms with van der Waals surface area (Å²) in [5.74, 6) is 0.124. The molecule has 2 aromatic carbocycles. The molecule has 3 saturated heterocycles. The molecule has 51 heavy (non-hydrogen) atoms. The molecule has 0 spiro atoms. The number of benzene rings is 2. The lowest BCUT2D eigenvalue weighted by molar-refractivity contribution is -0.143. The van der Waals surface area contributed by atoms with E-state index in [0.717, 1.165) is 101 Å². The number of anilines is 1. The quantitative estimate of drug-likeness (QED) is 0.371. The number of carbonyl (C=O) groups excluding carboxylic acids is 3. The van der Waals surface area contributed by atoms with Crippen LogP contribution in [0.4, 0.5) is 10.5 Å². The Morgan fingerprint density at radius 3 is 2.14 bits per heavy atom. The second kappa shape index (κ2) is 16.2. The van der Waals surface area contributed by atoms with Gasteiger partial charge in [0.15, 0.2) is 0 Å². The molecule has 4 amide bonds. The second-order valence-electron chi connectivity index (χ2n) is 15.7. The number of aliphatic carboxylic acids is 1. The van der Waals surface area contributed by atoms with Gasteiger partial charge in [-0.1, -0.05) is 36.4 Å². The van der Waals surface area contributed by atoms with Gasteiger partial charge in [-0.15, -0.1) is 0 Å². The van der Waals surface area contributed by atoms with Gasteiger partial charge in [-0.3, -0.25) is 19.3 Å². The van der Waals surface area contributed by atoms with Crippen molar-refractivity contribution in [3.05, 3.63) is 64.7 Å². The van der Waals surface area contributed by atoms with Crippen LogP contribution in [0.1, 0.15) is 80.0 Å². The number of rotatable bonds is 9. The number of piperidine rings is 3. The summed E-state index contributed by atoms with van der Waals surface area (Å²) in [7, 11) is 0. The largest absolute Gasteiger partial charge is 0.480 e. The summed E-state index contributed by atoms with van der Waals surface area (Å²) in [5.41, 5.74) is 6.00. The Balaban J connectivity index is 0.965. The Morgan fingerprint density at radius 2 is 1.41 bits per heavy atom. The molecule has 1 aliphatic carbocycles. The standard InChI is InChI=1S/C41H55N5O5/c47-38(44-22-16-36(17-23-44)46-24-15-33-6-3-4-8-37(33)42-41(46)51)27-35(26-29-9-10-30-5-1-2-7-34(30)25-29)40(50)45-20-13-32(14-21-45)31-11-18-43(19-12-31)28-39(48)49/h3-4,6,8-10,25,31-32,35-36H,1-2,5,7,11-24,26-28H2,(H,42,51)(H,48,49). The van der Waals surface area contributed by atoms with Crippen molar-refractivity contribution in [3.8, 4) is 0 Å². The van der Waals surface area contributed by atoms with Crippen LogP contribution in [0.3, 0.4) is 0 Å². The summed E-state index contributed by atoms with van der Waals surface area (Å²) < 4.78 is 0. The SMILES string of the molecule is O=C(O)CN1CCC(C2CCN(C(=O)C(CC(=O)N3CCC(N4CCc5ccccc5NC4=O)CC3)Cc3ccc4c(c3)CCCC4)CC2)CC1. The number of carboxylic acids is 1. The van der Waals surface area contributed by atoms with E-state index in [1.807, 2.05) is 37.8 Å². The number of carboxylic acid groups (broad SMARTS) is 1. The Bertz CT molecular complexity index is 1570. The number of hydrogen-bond donors (Lipinski definition) is 2. The average Bonchev–Trinajstić information content (AvgIpc) is 3.32. The fraction of sp³-hybridized carbons (Fsp3) is 0.610. The third kappa shape index (κ3) is 8.59. The van der Waals surface area contributed by atoms with E-state index in [1.54, 1.807) is 0 Å². The van der Waals surface area contributed by atoms with E-state index in [9.17, 15) is 19.2 Å². The van der Waals surface area contributed by atoms with Gasteiger partial charge in [-0.05, 0) is 130 Å². The maximum Gasteiger partial charge on any atom is 0.322 e. The Labute approximate surface area is 302 Å². The predicted molar refractivity (Wildman–Crippen MR) is 196 cm³/mol. The number of likely N-dealkylation sites (tertiary alicyclic amines) is 3. The van der Waals surface area contributed by atoms with Gasteiger partial charge in [-0.2, -0.15) is 0 Å². The van der Waals surface area contributed by atoms with Crippen molar-refractivity contribution in [2.24, 2.45) is 17.8 Å². The maximum absolute atomic E-state index is 14.3. The number of fused-ring (bicyclic) bond motifs is 2. The van der Waals surface area contributed by atoms with Gasteiger partial charge in [0.05, 0.1) is 12.5 Å².